The Kier molecular flexibility index (Phi) is 37.1. The molecule has 11 nitrogen and oxygen atoms in total. The molecule has 0 aromatic rings. The molecule has 0 aliphatic heterocycles. The normalized spacial score (nSPS) is 13.3. The van der Waals surface area contributed by atoms with Gasteiger partial charge in [0.15, 0.2) is 0 Å². The van der Waals surface area contributed by atoms with Gasteiger partial charge < -0.3 is 47.7 Å². The highest BCUT2D eigenvalue weighted by Gasteiger charge is 2.10. The van der Waals surface area contributed by atoms with E-state index in [4.69, 9.17) is 28.2 Å². The van der Waals surface area contributed by atoms with Crippen LogP contribution in [0.1, 0.15) is 96.3 Å². The lowest BCUT2D eigenvalue weighted by atomic mass is 10.1. The van der Waals surface area contributed by atoms with Gasteiger partial charge in [-0.25, -0.2) is 0 Å². The molecule has 0 spiro atoms. The van der Waals surface area contributed by atoms with E-state index in [2.05, 4.69) is 10.1 Å². The Morgan fingerprint density at radius 3 is 1.67 bits per heavy atom. The lowest BCUT2D eigenvalue weighted by Crippen LogP contribution is -2.28. The van der Waals surface area contributed by atoms with Gasteiger partial charge in [-0.1, -0.05) is 64.2 Å². The van der Waals surface area contributed by atoms with Gasteiger partial charge in [-0.2, -0.15) is 0 Å². The number of ether oxygens (including phenoxy) is 6. The molecule has 1 N–H and O–H groups in total. The number of methoxy groups -OCH3 is 3. The van der Waals surface area contributed by atoms with Crippen molar-refractivity contribution in [3.05, 3.63) is 0 Å². The molecule has 0 aliphatic rings. The minimum absolute atomic E-state index is 0.116. The Morgan fingerprint density at radius 2 is 1.12 bits per heavy atom. The number of rotatable bonds is 32. The van der Waals surface area contributed by atoms with Crippen molar-refractivity contribution in [2.75, 3.05) is 94.5 Å². The van der Waals surface area contributed by atoms with E-state index in [1.54, 1.807) is 28.4 Å². The van der Waals surface area contributed by atoms with Crippen LogP contribution in [0.3, 0.4) is 0 Å². The average molecular weight is 643 g/mol. The van der Waals surface area contributed by atoms with Crippen LogP contribution in [0.2, 0.25) is 0 Å². The van der Waals surface area contributed by atoms with Crippen molar-refractivity contribution in [3.63, 3.8) is 0 Å². The average Bonchev–Trinajstić information content (AvgIpc) is 2.96. The monoisotopic (exact) mass is 642 g/mol. The van der Waals surface area contributed by atoms with Crippen LogP contribution in [0.4, 0.5) is 0 Å². The lowest BCUT2D eigenvalue weighted by molar-refractivity contribution is -0.196. The molecule has 260 valence electrons. The van der Waals surface area contributed by atoms with E-state index in [9.17, 15) is 14.3 Å². The van der Waals surface area contributed by atoms with E-state index in [0.717, 1.165) is 71.0 Å². The molecule has 0 aliphatic carbocycles. The third-order valence-corrected chi connectivity index (χ3v) is 6.99. The summed E-state index contributed by atoms with van der Waals surface area (Å²) in [7, 11) is 2.98. The van der Waals surface area contributed by atoms with Crippen molar-refractivity contribution in [1.82, 2.24) is 5.32 Å². The Labute approximate surface area is 262 Å². The molecule has 0 rings (SSSR count). The second kappa shape index (κ2) is 35.9. The highest BCUT2D eigenvalue weighted by atomic mass is 31.2. The zero-order valence-electron chi connectivity index (χ0n) is 28.1. The van der Waals surface area contributed by atoms with E-state index in [1.165, 1.54) is 32.1 Å². The summed E-state index contributed by atoms with van der Waals surface area (Å²) in [6, 6.07) is 0. The minimum Gasteiger partial charge on any atom is -0.779 e. The van der Waals surface area contributed by atoms with Gasteiger partial charge >= 0.3 is 0 Å². The summed E-state index contributed by atoms with van der Waals surface area (Å²) in [6.07, 6.45) is 15.7. The van der Waals surface area contributed by atoms with Gasteiger partial charge in [-0.15, -0.1) is 0 Å². The number of hydrogen-bond donors (Lipinski definition) is 1. The van der Waals surface area contributed by atoms with Crippen LogP contribution in [0.5, 0.6) is 0 Å². The predicted molar refractivity (Wildman–Crippen MR) is 170 cm³/mol. The minimum atomic E-state index is -3.56. The summed E-state index contributed by atoms with van der Waals surface area (Å²) in [5, 5.41) is 3.04. The molecule has 0 aromatic carbocycles. The van der Waals surface area contributed by atoms with Crippen LogP contribution in [-0.2, 0) is 42.3 Å². The van der Waals surface area contributed by atoms with E-state index < -0.39 is 7.60 Å². The molecule has 1 amide bonds. The Bertz CT molecular complexity index is 609. The number of carbonyl (C=O) groups is 1. The molecule has 0 saturated heterocycles. The quantitative estimate of drug-likeness (QED) is 0.0778. The maximum atomic E-state index is 12.0. The molecular weight excluding hydrogens is 577 g/mol. The Balaban J connectivity index is 0. The molecule has 0 saturated carbocycles. The van der Waals surface area contributed by atoms with Crippen molar-refractivity contribution in [2.24, 2.45) is 0 Å². The first-order valence-corrected chi connectivity index (χ1v) is 18.1. The van der Waals surface area contributed by atoms with Crippen LogP contribution in [-0.4, -0.2) is 107 Å². The molecule has 2 unspecified atom stereocenters. The highest BCUT2D eigenvalue weighted by Crippen LogP contribution is 2.31. The third kappa shape index (κ3) is 41.4. The summed E-state index contributed by atoms with van der Waals surface area (Å²) in [5.74, 6) is 0.156. The molecule has 0 fully saturated rings. The van der Waals surface area contributed by atoms with Gasteiger partial charge in [0, 0.05) is 54.7 Å². The third-order valence-electron chi connectivity index (χ3n) is 6.34. The maximum Gasteiger partial charge on any atom is 0.219 e. The molecule has 12 heteroatoms. The largest absolute Gasteiger partial charge is 0.779 e. The van der Waals surface area contributed by atoms with Crippen molar-refractivity contribution in [1.29, 1.82) is 0 Å². The topological polar surface area (TPSA) is 134 Å². The van der Waals surface area contributed by atoms with Crippen molar-refractivity contribution < 1.29 is 47.2 Å². The van der Waals surface area contributed by atoms with E-state index in [-0.39, 0.29) is 12.0 Å². The molecule has 0 aromatic heterocycles. The fourth-order valence-corrected chi connectivity index (χ4v) is 4.51. The van der Waals surface area contributed by atoms with Gasteiger partial charge in [0.2, 0.25) is 5.91 Å². The zero-order valence-corrected chi connectivity index (χ0v) is 29.0. The standard InChI is InChI=1S/C29H60NO9P.C2H6O/c1-34-22-24-37-27-28(38-25-23-35-2)26-36-20-16-13-10-14-18-29(31)30-19-15-11-8-6-4-5-7-9-12-17-21-39-40(3,32)33;1-3-2/h28H,4-27H2,1-3H3,(H,30,31)(H,32,33);1-2H3/p-1. The number of amides is 1. The fourth-order valence-electron chi connectivity index (χ4n) is 4.05. The van der Waals surface area contributed by atoms with E-state index >= 15 is 0 Å². The van der Waals surface area contributed by atoms with Gasteiger partial charge in [0.25, 0.3) is 0 Å². The first kappa shape index (κ1) is 44.5. The molecule has 0 heterocycles. The van der Waals surface area contributed by atoms with Gasteiger partial charge in [-0.3, -0.25) is 4.79 Å². The highest BCUT2D eigenvalue weighted by molar-refractivity contribution is 7.50. The van der Waals surface area contributed by atoms with Crippen molar-refractivity contribution in [2.45, 2.75) is 102 Å². The van der Waals surface area contributed by atoms with Gasteiger partial charge in [-0.05, 0) is 25.7 Å². The summed E-state index contributed by atoms with van der Waals surface area (Å²) in [4.78, 5) is 22.9. The van der Waals surface area contributed by atoms with Gasteiger partial charge in [0.05, 0.1) is 46.2 Å². The Morgan fingerprint density at radius 1 is 0.651 bits per heavy atom. The van der Waals surface area contributed by atoms with Gasteiger partial charge in [0.1, 0.15) is 13.7 Å². The number of carbonyl (C=O) groups excluding carboxylic acids is 1. The molecule has 2 atom stereocenters. The van der Waals surface area contributed by atoms with Crippen LogP contribution < -0.4 is 10.2 Å². The van der Waals surface area contributed by atoms with Crippen molar-refractivity contribution in [3.8, 4) is 0 Å². The SMILES string of the molecule is COC.COCCOCC(COCCCCCCC(=O)NCCCCCCCCCCCCOP(C)(=O)[O-])OCCOC. The molecule has 0 bridgehead atoms. The first-order chi connectivity index (χ1) is 20.8. The summed E-state index contributed by atoms with van der Waals surface area (Å²) < 4.78 is 47.0. The van der Waals surface area contributed by atoms with Crippen LogP contribution in [0, 0.1) is 0 Å². The first-order valence-electron chi connectivity index (χ1n) is 16.2. The zero-order chi connectivity index (χ0) is 32.3. The summed E-state index contributed by atoms with van der Waals surface area (Å²) in [5.41, 5.74) is 0. The maximum absolute atomic E-state index is 12.0. The van der Waals surface area contributed by atoms with E-state index in [1.807, 2.05) is 0 Å². The van der Waals surface area contributed by atoms with Crippen LogP contribution in [0.25, 0.3) is 0 Å². The molecular formula is C31H65NO10P-. The van der Waals surface area contributed by atoms with Crippen LogP contribution in [0.15, 0.2) is 0 Å². The molecule has 0 radical (unpaired) electrons. The second-order valence-corrected chi connectivity index (χ2v) is 12.5. The fraction of sp³-hybridized carbons (Fsp3) is 0.968. The Hall–Kier alpha value is -0.620. The van der Waals surface area contributed by atoms with Crippen molar-refractivity contribution >= 4 is 13.5 Å². The molecule has 43 heavy (non-hydrogen) atoms. The number of nitrogens with one attached hydrogen (secondary N) is 1. The van der Waals surface area contributed by atoms with Crippen LogP contribution >= 0.6 is 7.60 Å². The summed E-state index contributed by atoms with van der Waals surface area (Å²) >= 11 is 0. The predicted octanol–water partition coefficient (Wildman–Crippen LogP) is 5.13. The number of hydrogen-bond acceptors (Lipinski definition) is 10. The summed E-state index contributed by atoms with van der Waals surface area (Å²) in [6.45, 7) is 5.98. The lowest BCUT2D eigenvalue weighted by Gasteiger charge is -2.18. The smallest absolute Gasteiger partial charge is 0.219 e. The number of unbranched alkanes of at least 4 members (excludes halogenated alkanes) is 12. The second-order valence-electron chi connectivity index (χ2n) is 10.7. The van der Waals surface area contributed by atoms with E-state index in [0.29, 0.717) is 59.3 Å².